The third-order valence-corrected chi connectivity index (χ3v) is 6.88. The zero-order valence-electron chi connectivity index (χ0n) is 18.5. The molecular formula is C24H26BrNO6S. The minimum Gasteiger partial charge on any atom is -0.490 e. The van der Waals surface area contributed by atoms with E-state index in [0.717, 1.165) is 10.0 Å². The topological polar surface area (TPSA) is 94.8 Å². The first-order valence-corrected chi connectivity index (χ1v) is 13.0. The molecule has 0 saturated heterocycles. The third kappa shape index (κ3) is 6.85. The molecule has 1 heterocycles. The number of nitrogens with one attached hydrogen (secondary N) is 1. The molecule has 1 aromatic heterocycles. The molecule has 1 N–H and O–H groups in total. The maximum absolute atomic E-state index is 12.6. The molecule has 0 aliphatic rings. The Labute approximate surface area is 202 Å². The number of hydrogen-bond acceptors (Lipinski definition) is 6. The summed E-state index contributed by atoms with van der Waals surface area (Å²) in [7, 11) is -3.58. The van der Waals surface area contributed by atoms with Crippen LogP contribution in [-0.4, -0.2) is 34.1 Å². The molecule has 0 aliphatic carbocycles. The van der Waals surface area contributed by atoms with Crippen LogP contribution in [-0.2, 0) is 22.0 Å². The van der Waals surface area contributed by atoms with Crippen molar-refractivity contribution in [3.05, 3.63) is 76.2 Å². The van der Waals surface area contributed by atoms with E-state index in [0.29, 0.717) is 37.7 Å². The zero-order chi connectivity index (χ0) is 23.8. The van der Waals surface area contributed by atoms with Gasteiger partial charge in [0.25, 0.3) is 5.91 Å². The fourth-order valence-electron chi connectivity index (χ4n) is 3.15. The van der Waals surface area contributed by atoms with Gasteiger partial charge in [-0.25, -0.2) is 8.42 Å². The molecule has 0 spiro atoms. The second-order valence-corrected chi connectivity index (χ2v) is 10.0. The fourth-order valence-corrected chi connectivity index (χ4v) is 4.66. The fraction of sp³-hybridized carbons (Fsp3) is 0.292. The molecule has 0 radical (unpaired) electrons. The average molecular weight is 536 g/mol. The largest absolute Gasteiger partial charge is 0.490 e. The van der Waals surface area contributed by atoms with Crippen LogP contribution >= 0.6 is 15.9 Å². The SMILES string of the molecule is CCOc1ccc(CCNC(=O)c2ccc(CS(=O)(=O)c3ccc(Br)cc3)o2)cc1OCC. The molecule has 0 unspecified atom stereocenters. The van der Waals surface area contributed by atoms with Crippen LogP contribution in [0.5, 0.6) is 11.5 Å². The van der Waals surface area contributed by atoms with Crippen molar-refractivity contribution < 1.29 is 27.1 Å². The summed E-state index contributed by atoms with van der Waals surface area (Å²) < 4.78 is 42.6. The van der Waals surface area contributed by atoms with Gasteiger partial charge in [-0.3, -0.25) is 4.79 Å². The van der Waals surface area contributed by atoms with E-state index in [1.54, 1.807) is 12.1 Å². The second kappa shape index (κ2) is 11.4. The van der Waals surface area contributed by atoms with E-state index in [9.17, 15) is 13.2 Å². The summed E-state index contributed by atoms with van der Waals surface area (Å²) in [4.78, 5) is 12.6. The maximum atomic E-state index is 12.6. The molecule has 0 saturated carbocycles. The van der Waals surface area contributed by atoms with Crippen LogP contribution in [0, 0.1) is 0 Å². The Morgan fingerprint density at radius 3 is 2.36 bits per heavy atom. The highest BCUT2D eigenvalue weighted by Gasteiger charge is 2.19. The monoisotopic (exact) mass is 535 g/mol. The highest BCUT2D eigenvalue weighted by atomic mass is 79.9. The summed E-state index contributed by atoms with van der Waals surface area (Å²) in [5.74, 6) is 0.903. The summed E-state index contributed by atoms with van der Waals surface area (Å²) >= 11 is 3.28. The summed E-state index contributed by atoms with van der Waals surface area (Å²) in [6.07, 6.45) is 0.587. The van der Waals surface area contributed by atoms with Gasteiger partial charge in [-0.05, 0) is 74.4 Å². The van der Waals surface area contributed by atoms with Gasteiger partial charge in [0.05, 0.1) is 18.1 Å². The van der Waals surface area contributed by atoms with Gasteiger partial charge in [0.1, 0.15) is 11.5 Å². The minimum atomic E-state index is -3.58. The summed E-state index contributed by atoms with van der Waals surface area (Å²) in [6, 6.07) is 15.0. The van der Waals surface area contributed by atoms with Crippen LogP contribution in [0.2, 0.25) is 0 Å². The van der Waals surface area contributed by atoms with Gasteiger partial charge in [0.15, 0.2) is 27.1 Å². The number of benzene rings is 2. The normalized spacial score (nSPS) is 11.2. The van der Waals surface area contributed by atoms with Gasteiger partial charge < -0.3 is 19.2 Å². The van der Waals surface area contributed by atoms with Crippen molar-refractivity contribution in [1.82, 2.24) is 5.32 Å². The summed E-state index contributed by atoms with van der Waals surface area (Å²) in [5.41, 5.74) is 0.989. The standard InChI is InChI=1S/C24H26BrNO6S/c1-3-30-21-11-5-17(15-23(21)31-4-2)13-14-26-24(27)22-12-8-19(32-22)16-33(28,29)20-9-6-18(25)7-10-20/h5-12,15H,3-4,13-14,16H2,1-2H3,(H,26,27). The first kappa shape index (κ1) is 24.9. The number of carbonyl (C=O) groups excluding carboxylic acids is 1. The molecule has 3 rings (SSSR count). The van der Waals surface area contributed by atoms with Crippen molar-refractivity contribution in [2.24, 2.45) is 0 Å². The van der Waals surface area contributed by atoms with E-state index in [2.05, 4.69) is 21.2 Å². The van der Waals surface area contributed by atoms with E-state index < -0.39 is 15.7 Å². The van der Waals surface area contributed by atoms with Crippen molar-refractivity contribution in [3.8, 4) is 11.5 Å². The van der Waals surface area contributed by atoms with Crippen LogP contribution in [0.25, 0.3) is 0 Å². The predicted octanol–water partition coefficient (Wildman–Crippen LogP) is 4.79. The number of sulfone groups is 1. The van der Waals surface area contributed by atoms with E-state index in [4.69, 9.17) is 13.9 Å². The van der Waals surface area contributed by atoms with Gasteiger partial charge in [0.2, 0.25) is 0 Å². The molecule has 9 heteroatoms. The van der Waals surface area contributed by atoms with E-state index >= 15 is 0 Å². The minimum absolute atomic E-state index is 0.0673. The van der Waals surface area contributed by atoms with Crippen molar-refractivity contribution in [2.45, 2.75) is 30.9 Å². The lowest BCUT2D eigenvalue weighted by atomic mass is 10.1. The lowest BCUT2D eigenvalue weighted by Gasteiger charge is -2.12. The number of furan rings is 1. The number of halogens is 1. The molecule has 3 aromatic rings. The van der Waals surface area contributed by atoms with Crippen molar-refractivity contribution in [1.29, 1.82) is 0 Å². The van der Waals surface area contributed by atoms with Gasteiger partial charge in [-0.2, -0.15) is 0 Å². The van der Waals surface area contributed by atoms with E-state index in [1.165, 1.54) is 24.3 Å². The van der Waals surface area contributed by atoms with Gasteiger partial charge in [-0.15, -0.1) is 0 Å². The Morgan fingerprint density at radius 1 is 0.970 bits per heavy atom. The van der Waals surface area contributed by atoms with E-state index in [-0.39, 0.29) is 22.2 Å². The van der Waals surface area contributed by atoms with Crippen LogP contribution in [0.1, 0.15) is 35.7 Å². The lowest BCUT2D eigenvalue weighted by Crippen LogP contribution is -2.25. The van der Waals surface area contributed by atoms with Crippen LogP contribution in [0.4, 0.5) is 0 Å². The van der Waals surface area contributed by atoms with Crippen molar-refractivity contribution >= 4 is 31.7 Å². The number of amides is 1. The molecule has 0 bridgehead atoms. The quantitative estimate of drug-likeness (QED) is 0.379. The molecule has 0 atom stereocenters. The Morgan fingerprint density at radius 2 is 1.67 bits per heavy atom. The van der Waals surface area contributed by atoms with E-state index in [1.807, 2.05) is 32.0 Å². The lowest BCUT2D eigenvalue weighted by molar-refractivity contribution is 0.0925. The Balaban J connectivity index is 1.57. The van der Waals surface area contributed by atoms with Gasteiger partial charge >= 0.3 is 0 Å². The smallest absolute Gasteiger partial charge is 0.287 e. The molecule has 7 nitrogen and oxygen atoms in total. The number of carbonyl (C=O) groups is 1. The molecule has 176 valence electrons. The molecule has 1 amide bonds. The highest BCUT2D eigenvalue weighted by Crippen LogP contribution is 2.28. The number of ether oxygens (including phenoxy) is 2. The van der Waals surface area contributed by atoms with Gasteiger partial charge in [-0.1, -0.05) is 22.0 Å². The first-order chi connectivity index (χ1) is 15.8. The molecule has 0 aliphatic heterocycles. The van der Waals surface area contributed by atoms with Crippen LogP contribution in [0.15, 0.2) is 68.4 Å². The third-order valence-electron chi connectivity index (χ3n) is 4.70. The Kier molecular flexibility index (Phi) is 8.57. The Hall–Kier alpha value is -2.78. The average Bonchev–Trinajstić information content (AvgIpc) is 3.24. The first-order valence-electron chi connectivity index (χ1n) is 10.6. The maximum Gasteiger partial charge on any atom is 0.287 e. The van der Waals surface area contributed by atoms with Gasteiger partial charge in [0, 0.05) is 11.0 Å². The predicted molar refractivity (Wildman–Crippen MR) is 129 cm³/mol. The molecular weight excluding hydrogens is 510 g/mol. The van der Waals surface area contributed by atoms with Crippen LogP contribution in [0.3, 0.4) is 0 Å². The summed E-state index contributed by atoms with van der Waals surface area (Å²) in [5, 5.41) is 2.79. The highest BCUT2D eigenvalue weighted by molar-refractivity contribution is 9.10. The number of hydrogen-bond donors (Lipinski definition) is 1. The zero-order valence-corrected chi connectivity index (χ0v) is 20.9. The molecule has 0 fully saturated rings. The van der Waals surface area contributed by atoms with Crippen LogP contribution < -0.4 is 14.8 Å². The summed E-state index contributed by atoms with van der Waals surface area (Å²) in [6.45, 7) is 5.27. The van der Waals surface area contributed by atoms with Crippen molar-refractivity contribution in [2.75, 3.05) is 19.8 Å². The second-order valence-electron chi connectivity index (χ2n) is 7.13. The van der Waals surface area contributed by atoms with Crippen molar-refractivity contribution in [3.63, 3.8) is 0 Å². The Bertz CT molecular complexity index is 1190. The molecule has 2 aromatic carbocycles. The number of rotatable bonds is 11. The molecule has 33 heavy (non-hydrogen) atoms.